The highest BCUT2D eigenvalue weighted by Crippen LogP contribution is 2.17. The maximum absolute atomic E-state index is 10.00. The van der Waals surface area contributed by atoms with Crippen LogP contribution in [0.4, 0.5) is 0 Å². The van der Waals surface area contributed by atoms with E-state index in [-0.39, 0.29) is 6.10 Å². The van der Waals surface area contributed by atoms with E-state index in [2.05, 4.69) is 18.7 Å². The summed E-state index contributed by atoms with van der Waals surface area (Å²) in [5.41, 5.74) is 1.05. The maximum Gasteiger partial charge on any atom is 0.0924 e. The van der Waals surface area contributed by atoms with E-state index in [0.717, 1.165) is 38.0 Å². The number of hydrogen-bond donors (Lipinski definition) is 1. The predicted octanol–water partition coefficient (Wildman–Crippen LogP) is 2.90. The molecule has 1 aromatic heterocycles. The molecule has 1 heterocycles. The zero-order chi connectivity index (χ0) is 11.1. The van der Waals surface area contributed by atoms with E-state index >= 15 is 0 Å². The third-order valence-corrected chi connectivity index (χ3v) is 3.14. The molecule has 0 aliphatic rings. The third kappa shape index (κ3) is 4.33. The molecule has 1 N–H and O–H groups in total. The second-order valence-corrected chi connectivity index (χ2v) is 4.65. The Bertz CT molecular complexity index is 242. The van der Waals surface area contributed by atoms with E-state index in [1.165, 1.54) is 0 Å². The van der Waals surface area contributed by atoms with Gasteiger partial charge in [-0.2, -0.15) is 11.3 Å². The highest BCUT2D eigenvalue weighted by molar-refractivity contribution is 7.07. The van der Waals surface area contributed by atoms with Crippen LogP contribution in [0.3, 0.4) is 0 Å². The van der Waals surface area contributed by atoms with Gasteiger partial charge in [0.15, 0.2) is 0 Å². The van der Waals surface area contributed by atoms with Crippen LogP contribution in [0.15, 0.2) is 16.8 Å². The minimum atomic E-state index is -0.325. The summed E-state index contributed by atoms with van der Waals surface area (Å²) >= 11 is 1.64. The van der Waals surface area contributed by atoms with Crippen molar-refractivity contribution in [1.29, 1.82) is 0 Å². The number of nitrogens with zero attached hydrogens (tertiary/aromatic N) is 1. The Labute approximate surface area is 96.5 Å². The first kappa shape index (κ1) is 12.7. The normalized spacial score (nSPS) is 13.3. The predicted molar refractivity (Wildman–Crippen MR) is 66.3 cm³/mol. The molecule has 86 valence electrons. The molecule has 15 heavy (non-hydrogen) atoms. The van der Waals surface area contributed by atoms with E-state index in [4.69, 9.17) is 0 Å². The van der Waals surface area contributed by atoms with Crippen LogP contribution in [0.5, 0.6) is 0 Å². The molecular weight excluding hydrogens is 206 g/mol. The summed E-state index contributed by atoms with van der Waals surface area (Å²) in [5.74, 6) is 0. The Balaban J connectivity index is 2.43. The molecule has 3 heteroatoms. The number of hydrogen-bond acceptors (Lipinski definition) is 3. The summed E-state index contributed by atoms with van der Waals surface area (Å²) < 4.78 is 0. The number of rotatable bonds is 7. The van der Waals surface area contributed by atoms with Crippen molar-refractivity contribution in [3.63, 3.8) is 0 Å². The molecule has 1 aromatic rings. The van der Waals surface area contributed by atoms with Gasteiger partial charge in [-0.25, -0.2) is 0 Å². The topological polar surface area (TPSA) is 23.5 Å². The first-order valence-corrected chi connectivity index (χ1v) is 6.64. The molecule has 0 saturated heterocycles. The lowest BCUT2D eigenvalue weighted by molar-refractivity contribution is 0.113. The molecule has 0 saturated carbocycles. The van der Waals surface area contributed by atoms with Crippen molar-refractivity contribution in [2.75, 3.05) is 19.6 Å². The fourth-order valence-corrected chi connectivity index (χ4v) is 2.45. The lowest BCUT2D eigenvalue weighted by Crippen LogP contribution is -2.30. The Hall–Kier alpha value is -0.380. The van der Waals surface area contributed by atoms with Crippen LogP contribution in [0.25, 0.3) is 0 Å². The molecule has 0 radical (unpaired) electrons. The lowest BCUT2D eigenvalue weighted by atomic mass is 10.2. The number of thiophene rings is 1. The van der Waals surface area contributed by atoms with Crippen molar-refractivity contribution >= 4 is 11.3 Å². The van der Waals surface area contributed by atoms with Crippen molar-refractivity contribution in [2.45, 2.75) is 32.8 Å². The molecule has 2 nitrogen and oxygen atoms in total. The third-order valence-electron chi connectivity index (χ3n) is 2.44. The standard InChI is InChI=1S/C12H21NOS/c1-3-6-13(7-4-2)9-12(14)11-5-8-15-10-11/h5,8,10,12,14H,3-4,6-7,9H2,1-2H3. The van der Waals surface area contributed by atoms with Crippen molar-refractivity contribution in [2.24, 2.45) is 0 Å². The summed E-state index contributed by atoms with van der Waals surface area (Å²) in [5, 5.41) is 14.0. The molecule has 0 aliphatic heterocycles. The second kappa shape index (κ2) is 6.99. The number of aliphatic hydroxyl groups is 1. The minimum Gasteiger partial charge on any atom is -0.387 e. The largest absolute Gasteiger partial charge is 0.387 e. The summed E-state index contributed by atoms with van der Waals surface area (Å²) in [7, 11) is 0. The zero-order valence-corrected chi connectivity index (χ0v) is 10.5. The van der Waals surface area contributed by atoms with Gasteiger partial charge >= 0.3 is 0 Å². The van der Waals surface area contributed by atoms with E-state index in [1.807, 2.05) is 16.8 Å². The average molecular weight is 227 g/mol. The molecule has 1 rings (SSSR count). The van der Waals surface area contributed by atoms with Gasteiger partial charge in [0.05, 0.1) is 6.10 Å². The highest BCUT2D eigenvalue weighted by Gasteiger charge is 2.12. The van der Waals surface area contributed by atoms with Crippen LogP contribution in [0.1, 0.15) is 38.4 Å². The summed E-state index contributed by atoms with van der Waals surface area (Å²) in [4.78, 5) is 2.34. The van der Waals surface area contributed by atoms with Crippen LogP contribution in [0.2, 0.25) is 0 Å². The monoisotopic (exact) mass is 227 g/mol. The van der Waals surface area contributed by atoms with Gasteiger partial charge in [0.25, 0.3) is 0 Å². The molecule has 0 amide bonds. The maximum atomic E-state index is 10.00. The summed E-state index contributed by atoms with van der Waals surface area (Å²) in [6, 6.07) is 2.01. The average Bonchev–Trinajstić information content (AvgIpc) is 2.71. The van der Waals surface area contributed by atoms with Gasteiger partial charge in [-0.3, -0.25) is 0 Å². The van der Waals surface area contributed by atoms with Crippen LogP contribution in [0, 0.1) is 0 Å². The van der Waals surface area contributed by atoms with Crippen LogP contribution in [-0.4, -0.2) is 29.6 Å². The zero-order valence-electron chi connectivity index (χ0n) is 9.65. The SMILES string of the molecule is CCCN(CCC)CC(O)c1ccsc1. The van der Waals surface area contributed by atoms with Gasteiger partial charge in [-0.05, 0) is 48.3 Å². The van der Waals surface area contributed by atoms with Crippen molar-refractivity contribution < 1.29 is 5.11 Å². The Morgan fingerprint density at radius 2 is 2.00 bits per heavy atom. The fraction of sp³-hybridized carbons (Fsp3) is 0.667. The van der Waals surface area contributed by atoms with Crippen molar-refractivity contribution in [3.8, 4) is 0 Å². The van der Waals surface area contributed by atoms with Gasteiger partial charge in [-0.15, -0.1) is 0 Å². The van der Waals surface area contributed by atoms with Crippen molar-refractivity contribution in [3.05, 3.63) is 22.4 Å². The van der Waals surface area contributed by atoms with Gasteiger partial charge in [-0.1, -0.05) is 13.8 Å². The van der Waals surface area contributed by atoms with Gasteiger partial charge in [0.2, 0.25) is 0 Å². The molecule has 0 aromatic carbocycles. The van der Waals surface area contributed by atoms with Crippen molar-refractivity contribution in [1.82, 2.24) is 4.90 Å². The van der Waals surface area contributed by atoms with E-state index in [1.54, 1.807) is 11.3 Å². The van der Waals surface area contributed by atoms with E-state index < -0.39 is 0 Å². The molecule has 0 fully saturated rings. The Kier molecular flexibility index (Phi) is 5.91. The van der Waals surface area contributed by atoms with E-state index in [9.17, 15) is 5.11 Å². The van der Waals surface area contributed by atoms with Gasteiger partial charge in [0, 0.05) is 6.54 Å². The van der Waals surface area contributed by atoms with Crippen LogP contribution < -0.4 is 0 Å². The Morgan fingerprint density at radius 1 is 1.33 bits per heavy atom. The molecule has 1 unspecified atom stereocenters. The molecule has 0 spiro atoms. The van der Waals surface area contributed by atoms with Gasteiger partial charge < -0.3 is 10.0 Å². The molecule has 1 atom stereocenters. The smallest absolute Gasteiger partial charge is 0.0924 e. The summed E-state index contributed by atoms with van der Waals surface area (Å²) in [6.07, 6.45) is 1.97. The van der Waals surface area contributed by atoms with Gasteiger partial charge in [0.1, 0.15) is 0 Å². The summed E-state index contributed by atoms with van der Waals surface area (Å²) in [6.45, 7) is 7.28. The molecule has 0 bridgehead atoms. The van der Waals surface area contributed by atoms with Crippen LogP contribution in [-0.2, 0) is 0 Å². The first-order valence-electron chi connectivity index (χ1n) is 5.70. The second-order valence-electron chi connectivity index (χ2n) is 3.87. The highest BCUT2D eigenvalue weighted by atomic mass is 32.1. The lowest BCUT2D eigenvalue weighted by Gasteiger charge is -2.23. The number of aliphatic hydroxyl groups excluding tert-OH is 1. The Morgan fingerprint density at radius 3 is 2.47 bits per heavy atom. The minimum absolute atomic E-state index is 0.325. The quantitative estimate of drug-likeness (QED) is 0.774. The first-order chi connectivity index (χ1) is 7.27. The molecular formula is C12H21NOS. The fourth-order valence-electron chi connectivity index (χ4n) is 1.74. The van der Waals surface area contributed by atoms with Crippen LogP contribution >= 0.6 is 11.3 Å². The van der Waals surface area contributed by atoms with E-state index in [0.29, 0.717) is 0 Å². The molecule has 0 aliphatic carbocycles.